The molecule has 118 valence electrons. The Balaban J connectivity index is 1.99. The van der Waals surface area contributed by atoms with E-state index in [0.29, 0.717) is 17.5 Å². The Morgan fingerprint density at radius 2 is 2.00 bits per heavy atom. The van der Waals surface area contributed by atoms with E-state index >= 15 is 0 Å². The normalized spacial score (nSPS) is 28.9. The highest BCUT2D eigenvalue weighted by Gasteiger charge is 2.40. The van der Waals surface area contributed by atoms with Crippen LogP contribution in [-0.2, 0) is 10.8 Å². The van der Waals surface area contributed by atoms with Crippen LogP contribution in [0.15, 0.2) is 0 Å². The number of nitrogens with zero attached hydrogens (tertiary/aromatic N) is 1. The van der Waals surface area contributed by atoms with Gasteiger partial charge in [0.1, 0.15) is 0 Å². The van der Waals surface area contributed by atoms with E-state index in [2.05, 4.69) is 24.1 Å². The summed E-state index contributed by atoms with van der Waals surface area (Å²) >= 11 is 0. The third-order valence-corrected chi connectivity index (χ3v) is 6.45. The lowest BCUT2D eigenvalue weighted by molar-refractivity contribution is 0.0411. The van der Waals surface area contributed by atoms with Gasteiger partial charge in [0, 0.05) is 53.5 Å². The molecule has 2 rings (SSSR count). The Morgan fingerprint density at radius 1 is 1.30 bits per heavy atom. The monoisotopic (exact) mass is 300 g/mol. The van der Waals surface area contributed by atoms with Crippen LogP contribution in [0.2, 0.25) is 0 Å². The Labute approximate surface area is 127 Å². The summed E-state index contributed by atoms with van der Waals surface area (Å²) in [7, 11) is -0.635. The number of hydrogen-bond donors (Lipinski definition) is 1. The van der Waals surface area contributed by atoms with E-state index in [4.69, 9.17) is 0 Å². The van der Waals surface area contributed by atoms with Gasteiger partial charge in [-0.1, -0.05) is 40.0 Å². The molecule has 2 fully saturated rings. The van der Waals surface area contributed by atoms with Crippen LogP contribution in [0.1, 0.15) is 52.9 Å². The summed E-state index contributed by atoms with van der Waals surface area (Å²) in [6, 6.07) is 0.608. The number of piperazine rings is 1. The molecule has 3 nitrogen and oxygen atoms in total. The first-order valence-corrected chi connectivity index (χ1v) is 9.89. The molecule has 1 heterocycles. The van der Waals surface area contributed by atoms with Gasteiger partial charge in [-0.15, -0.1) is 0 Å². The molecule has 2 unspecified atom stereocenters. The van der Waals surface area contributed by atoms with E-state index in [9.17, 15) is 4.21 Å². The topological polar surface area (TPSA) is 32.3 Å². The Morgan fingerprint density at radius 3 is 2.60 bits per heavy atom. The zero-order valence-electron chi connectivity index (χ0n) is 13.5. The summed E-state index contributed by atoms with van der Waals surface area (Å²) in [5.74, 6) is 2.30. The minimum atomic E-state index is -0.635. The van der Waals surface area contributed by atoms with Crippen LogP contribution in [0.25, 0.3) is 0 Å². The first-order valence-electron chi connectivity index (χ1n) is 8.40. The molecule has 0 amide bonds. The van der Waals surface area contributed by atoms with Gasteiger partial charge in [-0.3, -0.25) is 9.11 Å². The molecule has 1 saturated heterocycles. The second-order valence-corrected chi connectivity index (χ2v) is 8.80. The SMILES string of the molecule is CCS(=O)CCN1CC2(CCCCC2)NCC1C(C)C. The van der Waals surface area contributed by atoms with Gasteiger partial charge in [0.05, 0.1) is 0 Å². The summed E-state index contributed by atoms with van der Waals surface area (Å²) in [6.45, 7) is 9.93. The summed E-state index contributed by atoms with van der Waals surface area (Å²) in [6.07, 6.45) is 6.79. The molecule has 1 aliphatic carbocycles. The lowest BCUT2D eigenvalue weighted by atomic mass is 9.78. The lowest BCUT2D eigenvalue weighted by Gasteiger charge is -2.51. The Hall–Kier alpha value is 0.0700. The standard InChI is InChI=1S/C16H32N2OS/c1-4-20(19)11-10-18-13-16(8-6-5-7-9-16)17-12-15(18)14(2)3/h14-15,17H,4-13H2,1-3H3. The van der Waals surface area contributed by atoms with Crippen molar-refractivity contribution in [3.63, 3.8) is 0 Å². The van der Waals surface area contributed by atoms with Crippen molar-refractivity contribution in [3.05, 3.63) is 0 Å². The van der Waals surface area contributed by atoms with Gasteiger partial charge in [0.2, 0.25) is 0 Å². The summed E-state index contributed by atoms with van der Waals surface area (Å²) in [5.41, 5.74) is 0.358. The van der Waals surface area contributed by atoms with E-state index in [1.54, 1.807) is 0 Å². The second kappa shape index (κ2) is 7.37. The van der Waals surface area contributed by atoms with Gasteiger partial charge >= 0.3 is 0 Å². The predicted molar refractivity (Wildman–Crippen MR) is 87.6 cm³/mol. The highest BCUT2D eigenvalue weighted by molar-refractivity contribution is 7.84. The number of nitrogens with one attached hydrogen (secondary N) is 1. The third-order valence-electron chi connectivity index (χ3n) is 5.17. The minimum absolute atomic E-state index is 0.358. The minimum Gasteiger partial charge on any atom is -0.308 e. The van der Waals surface area contributed by atoms with Crippen LogP contribution in [0.5, 0.6) is 0 Å². The largest absolute Gasteiger partial charge is 0.308 e. The van der Waals surface area contributed by atoms with Crippen LogP contribution in [-0.4, -0.2) is 51.8 Å². The third kappa shape index (κ3) is 4.05. The van der Waals surface area contributed by atoms with Crippen molar-refractivity contribution in [2.45, 2.75) is 64.5 Å². The van der Waals surface area contributed by atoms with Gasteiger partial charge in [0.15, 0.2) is 0 Å². The zero-order chi connectivity index (χ0) is 14.6. The molecule has 0 radical (unpaired) electrons. The van der Waals surface area contributed by atoms with Crippen molar-refractivity contribution >= 4 is 10.8 Å². The second-order valence-electron chi connectivity index (χ2n) is 6.94. The molecule has 20 heavy (non-hydrogen) atoms. The first kappa shape index (κ1) is 16.4. The molecule has 2 atom stereocenters. The molecular formula is C16H32N2OS. The number of rotatable bonds is 5. The van der Waals surface area contributed by atoms with E-state index in [0.717, 1.165) is 31.1 Å². The predicted octanol–water partition coefficient (Wildman–Crippen LogP) is 2.39. The van der Waals surface area contributed by atoms with Crippen molar-refractivity contribution in [1.82, 2.24) is 10.2 Å². The summed E-state index contributed by atoms with van der Waals surface area (Å²) in [4.78, 5) is 2.64. The molecular weight excluding hydrogens is 268 g/mol. The maximum atomic E-state index is 11.8. The van der Waals surface area contributed by atoms with E-state index in [1.807, 2.05) is 6.92 Å². The average molecular weight is 301 g/mol. The van der Waals surface area contributed by atoms with E-state index in [1.165, 1.54) is 32.1 Å². The fourth-order valence-electron chi connectivity index (χ4n) is 3.84. The fourth-order valence-corrected chi connectivity index (χ4v) is 4.57. The molecule has 0 aromatic rings. The molecule has 1 N–H and O–H groups in total. The van der Waals surface area contributed by atoms with Crippen molar-refractivity contribution in [3.8, 4) is 0 Å². The van der Waals surface area contributed by atoms with Crippen LogP contribution < -0.4 is 5.32 Å². The maximum absolute atomic E-state index is 11.8. The van der Waals surface area contributed by atoms with Crippen LogP contribution in [0.3, 0.4) is 0 Å². The molecule has 0 aromatic carbocycles. The van der Waals surface area contributed by atoms with Crippen molar-refractivity contribution in [2.24, 2.45) is 5.92 Å². The molecule has 0 aromatic heterocycles. The van der Waals surface area contributed by atoms with Gasteiger partial charge in [-0.25, -0.2) is 0 Å². The zero-order valence-corrected chi connectivity index (χ0v) is 14.3. The highest BCUT2D eigenvalue weighted by atomic mass is 32.2. The van der Waals surface area contributed by atoms with Gasteiger partial charge in [-0.05, 0) is 18.8 Å². The highest BCUT2D eigenvalue weighted by Crippen LogP contribution is 2.32. The van der Waals surface area contributed by atoms with E-state index < -0.39 is 10.8 Å². The molecule has 2 aliphatic rings. The van der Waals surface area contributed by atoms with Crippen molar-refractivity contribution < 1.29 is 4.21 Å². The summed E-state index contributed by atoms with van der Waals surface area (Å²) < 4.78 is 11.8. The average Bonchev–Trinajstić information content (AvgIpc) is 2.45. The fraction of sp³-hybridized carbons (Fsp3) is 1.00. The van der Waals surface area contributed by atoms with Crippen LogP contribution in [0.4, 0.5) is 0 Å². The van der Waals surface area contributed by atoms with Crippen molar-refractivity contribution in [2.75, 3.05) is 31.1 Å². The quantitative estimate of drug-likeness (QED) is 0.846. The lowest BCUT2D eigenvalue weighted by Crippen LogP contribution is -2.66. The molecule has 0 bridgehead atoms. The van der Waals surface area contributed by atoms with Gasteiger partial charge < -0.3 is 5.32 Å². The smallest absolute Gasteiger partial charge is 0.0362 e. The van der Waals surface area contributed by atoms with E-state index in [-0.39, 0.29) is 0 Å². The van der Waals surface area contributed by atoms with Gasteiger partial charge in [-0.2, -0.15) is 0 Å². The van der Waals surface area contributed by atoms with Gasteiger partial charge in [0.25, 0.3) is 0 Å². The molecule has 1 aliphatic heterocycles. The Bertz CT molecular complexity index is 326. The number of hydrogen-bond acceptors (Lipinski definition) is 3. The Kier molecular flexibility index (Phi) is 6.06. The first-order chi connectivity index (χ1) is 9.56. The maximum Gasteiger partial charge on any atom is 0.0362 e. The molecule has 4 heteroatoms. The van der Waals surface area contributed by atoms with Crippen LogP contribution >= 0.6 is 0 Å². The molecule has 1 saturated carbocycles. The van der Waals surface area contributed by atoms with Crippen molar-refractivity contribution in [1.29, 1.82) is 0 Å². The molecule has 1 spiro atoms. The van der Waals surface area contributed by atoms with Crippen LogP contribution in [0, 0.1) is 5.92 Å². The summed E-state index contributed by atoms with van der Waals surface area (Å²) in [5, 5.41) is 3.88.